The van der Waals surface area contributed by atoms with E-state index in [1.54, 1.807) is 7.11 Å². The Morgan fingerprint density at radius 1 is 1.22 bits per heavy atom. The summed E-state index contributed by atoms with van der Waals surface area (Å²) in [5.41, 5.74) is 2.20. The van der Waals surface area contributed by atoms with Gasteiger partial charge in [-0.25, -0.2) is 0 Å². The summed E-state index contributed by atoms with van der Waals surface area (Å²) in [6.45, 7) is 3.10. The Balaban J connectivity index is 1.35. The standard InChI is InChI=1S/C29H43N3O3S/c1-30-27(25-12-14-31-28-11-9-23(35-2)19-26(25)28)10-8-21-13-15-32(20-22(21)18-29(33)34)16-17-36-24-6-4-3-5-7-24/h9,11-12,14,19,21-22,24,27,30H,3-8,10,13,15-18,20H2,1-2H3,(H,33,34)/t21-,22+,27?/m1/s1. The Morgan fingerprint density at radius 3 is 2.81 bits per heavy atom. The van der Waals surface area contributed by atoms with Crippen molar-refractivity contribution in [2.24, 2.45) is 11.8 Å². The second-order valence-electron chi connectivity index (χ2n) is 10.5. The molecule has 198 valence electrons. The summed E-state index contributed by atoms with van der Waals surface area (Å²) in [5.74, 6) is 2.02. The van der Waals surface area contributed by atoms with E-state index in [-0.39, 0.29) is 18.4 Å². The number of nitrogens with one attached hydrogen (secondary N) is 1. The third-order valence-electron chi connectivity index (χ3n) is 8.26. The van der Waals surface area contributed by atoms with Crippen molar-refractivity contribution in [2.75, 3.05) is 39.5 Å². The van der Waals surface area contributed by atoms with E-state index in [2.05, 4.69) is 39.1 Å². The summed E-state index contributed by atoms with van der Waals surface area (Å²) < 4.78 is 5.46. The first kappa shape index (κ1) is 27.2. The lowest BCUT2D eigenvalue weighted by Gasteiger charge is -2.39. The van der Waals surface area contributed by atoms with Crippen molar-refractivity contribution in [1.82, 2.24) is 15.2 Å². The molecule has 1 aliphatic carbocycles. The second-order valence-corrected chi connectivity index (χ2v) is 11.9. The summed E-state index contributed by atoms with van der Waals surface area (Å²) >= 11 is 2.14. The van der Waals surface area contributed by atoms with Gasteiger partial charge in [0.15, 0.2) is 0 Å². The largest absolute Gasteiger partial charge is 0.497 e. The number of carbonyl (C=O) groups is 1. The number of pyridine rings is 1. The number of aliphatic carboxylic acids is 1. The van der Waals surface area contributed by atoms with Crippen molar-refractivity contribution >= 4 is 28.6 Å². The third-order valence-corrected chi connectivity index (χ3v) is 9.62. The van der Waals surface area contributed by atoms with Crippen LogP contribution in [0, 0.1) is 11.8 Å². The van der Waals surface area contributed by atoms with Crippen LogP contribution in [0.25, 0.3) is 10.9 Å². The van der Waals surface area contributed by atoms with Gasteiger partial charge in [0.1, 0.15) is 5.75 Å². The van der Waals surface area contributed by atoms with E-state index in [1.807, 2.05) is 25.4 Å². The Kier molecular flexibility index (Phi) is 10.3. The molecule has 1 saturated heterocycles. The first-order valence-corrected chi connectivity index (χ1v) is 14.8. The number of ether oxygens (including phenoxy) is 1. The lowest BCUT2D eigenvalue weighted by molar-refractivity contribution is -0.139. The molecule has 2 N–H and O–H groups in total. The van der Waals surface area contributed by atoms with Crippen LogP contribution in [0.4, 0.5) is 0 Å². The lowest BCUT2D eigenvalue weighted by Crippen LogP contribution is -2.42. The van der Waals surface area contributed by atoms with Gasteiger partial charge < -0.3 is 20.1 Å². The minimum absolute atomic E-state index is 0.193. The molecule has 7 heteroatoms. The number of thioether (sulfide) groups is 1. The number of rotatable bonds is 12. The first-order chi connectivity index (χ1) is 17.6. The zero-order valence-electron chi connectivity index (χ0n) is 22.0. The number of likely N-dealkylation sites (tertiary alicyclic amines) is 1. The monoisotopic (exact) mass is 513 g/mol. The van der Waals surface area contributed by atoms with E-state index < -0.39 is 5.97 Å². The van der Waals surface area contributed by atoms with Gasteiger partial charge in [0.2, 0.25) is 0 Å². The van der Waals surface area contributed by atoms with E-state index >= 15 is 0 Å². The minimum atomic E-state index is -0.666. The van der Waals surface area contributed by atoms with Gasteiger partial charge in [-0.1, -0.05) is 19.3 Å². The van der Waals surface area contributed by atoms with Gasteiger partial charge >= 0.3 is 5.97 Å². The lowest BCUT2D eigenvalue weighted by atomic mass is 9.79. The van der Waals surface area contributed by atoms with Crippen LogP contribution in [0.5, 0.6) is 5.75 Å². The molecule has 1 aliphatic heterocycles. The molecule has 0 spiro atoms. The quantitative estimate of drug-likeness (QED) is 0.374. The molecule has 2 heterocycles. The molecule has 0 bridgehead atoms. The van der Waals surface area contributed by atoms with Gasteiger partial charge in [-0.05, 0) is 87.4 Å². The number of nitrogens with zero attached hydrogens (tertiary/aromatic N) is 2. The number of carboxylic acid groups (broad SMARTS) is 1. The van der Waals surface area contributed by atoms with Gasteiger partial charge in [0, 0.05) is 48.1 Å². The molecule has 6 nitrogen and oxygen atoms in total. The highest BCUT2D eigenvalue weighted by atomic mass is 32.2. The molecule has 1 aromatic carbocycles. The van der Waals surface area contributed by atoms with Crippen LogP contribution < -0.4 is 10.1 Å². The maximum absolute atomic E-state index is 11.7. The van der Waals surface area contributed by atoms with E-state index in [0.717, 1.165) is 60.8 Å². The normalized spacial score (nSPS) is 22.5. The molecular weight excluding hydrogens is 470 g/mol. The van der Waals surface area contributed by atoms with Crippen LogP contribution in [0.1, 0.15) is 69.4 Å². The highest BCUT2D eigenvalue weighted by Gasteiger charge is 2.31. The van der Waals surface area contributed by atoms with Gasteiger partial charge in [-0.15, -0.1) is 0 Å². The van der Waals surface area contributed by atoms with E-state index in [0.29, 0.717) is 5.92 Å². The van der Waals surface area contributed by atoms with Crippen LogP contribution in [0.2, 0.25) is 0 Å². The SMILES string of the molecule is CNC(CC[C@@H]1CCN(CCSC2CCCCC2)C[C@@H]1CC(=O)O)c1ccnc2ccc(OC)cc12. The maximum atomic E-state index is 11.7. The molecule has 36 heavy (non-hydrogen) atoms. The molecule has 1 saturated carbocycles. The van der Waals surface area contributed by atoms with Crippen LogP contribution >= 0.6 is 11.8 Å². The van der Waals surface area contributed by atoms with Crippen molar-refractivity contribution in [1.29, 1.82) is 0 Å². The van der Waals surface area contributed by atoms with Crippen molar-refractivity contribution in [3.63, 3.8) is 0 Å². The number of hydrogen-bond donors (Lipinski definition) is 2. The zero-order chi connectivity index (χ0) is 25.3. The Bertz CT molecular complexity index is 981. The molecular formula is C29H43N3O3S. The number of fused-ring (bicyclic) bond motifs is 1. The summed E-state index contributed by atoms with van der Waals surface area (Å²) in [6.07, 6.45) is 12.2. The summed E-state index contributed by atoms with van der Waals surface area (Å²) in [7, 11) is 3.70. The number of piperidine rings is 1. The molecule has 1 aromatic heterocycles. The number of methoxy groups -OCH3 is 1. The van der Waals surface area contributed by atoms with Crippen molar-refractivity contribution in [3.8, 4) is 5.75 Å². The van der Waals surface area contributed by atoms with E-state index in [9.17, 15) is 9.90 Å². The average molecular weight is 514 g/mol. The van der Waals surface area contributed by atoms with Crippen molar-refractivity contribution in [2.45, 2.75) is 69.1 Å². The number of hydrogen-bond acceptors (Lipinski definition) is 6. The summed E-state index contributed by atoms with van der Waals surface area (Å²) in [6, 6.07) is 8.32. The van der Waals surface area contributed by atoms with Crippen molar-refractivity contribution < 1.29 is 14.6 Å². The fourth-order valence-electron chi connectivity index (χ4n) is 6.19. The number of benzene rings is 1. The molecule has 2 fully saturated rings. The molecule has 3 atom stereocenters. The smallest absolute Gasteiger partial charge is 0.303 e. The van der Waals surface area contributed by atoms with Crippen LogP contribution in [0.15, 0.2) is 30.5 Å². The molecule has 0 radical (unpaired) electrons. The predicted octanol–water partition coefficient (Wildman–Crippen LogP) is 5.76. The highest BCUT2D eigenvalue weighted by molar-refractivity contribution is 7.99. The summed E-state index contributed by atoms with van der Waals surface area (Å²) in [4.78, 5) is 18.8. The molecule has 2 aliphatic rings. The Morgan fingerprint density at radius 2 is 2.06 bits per heavy atom. The van der Waals surface area contributed by atoms with Crippen LogP contribution in [-0.2, 0) is 4.79 Å². The summed E-state index contributed by atoms with van der Waals surface area (Å²) in [5, 5.41) is 15.1. The zero-order valence-corrected chi connectivity index (χ0v) is 22.8. The van der Waals surface area contributed by atoms with Crippen molar-refractivity contribution in [3.05, 3.63) is 36.0 Å². The van der Waals surface area contributed by atoms with Gasteiger partial charge in [0.25, 0.3) is 0 Å². The molecule has 0 amide bonds. The van der Waals surface area contributed by atoms with E-state index in [1.165, 1.54) is 43.4 Å². The first-order valence-electron chi connectivity index (χ1n) is 13.7. The highest BCUT2D eigenvalue weighted by Crippen LogP contribution is 2.35. The fourth-order valence-corrected chi connectivity index (χ4v) is 7.55. The Hall–Kier alpha value is -1.83. The van der Waals surface area contributed by atoms with Crippen LogP contribution in [0.3, 0.4) is 0 Å². The van der Waals surface area contributed by atoms with Crippen LogP contribution in [-0.4, -0.2) is 65.8 Å². The van der Waals surface area contributed by atoms with E-state index in [4.69, 9.17) is 4.74 Å². The second kappa shape index (κ2) is 13.6. The third kappa shape index (κ3) is 7.36. The number of carboxylic acids is 1. The topological polar surface area (TPSA) is 74.7 Å². The average Bonchev–Trinajstić information content (AvgIpc) is 2.90. The molecule has 4 rings (SSSR count). The molecule has 2 aromatic rings. The minimum Gasteiger partial charge on any atom is -0.497 e. The van der Waals surface area contributed by atoms with Gasteiger partial charge in [-0.2, -0.15) is 11.8 Å². The maximum Gasteiger partial charge on any atom is 0.303 e. The Labute approximate surface area is 220 Å². The van der Waals surface area contributed by atoms with Gasteiger partial charge in [-0.3, -0.25) is 9.78 Å². The predicted molar refractivity (Wildman–Crippen MR) is 149 cm³/mol. The number of aromatic nitrogens is 1. The molecule has 1 unspecified atom stereocenters. The van der Waals surface area contributed by atoms with Gasteiger partial charge in [0.05, 0.1) is 12.6 Å². The fraction of sp³-hybridized carbons (Fsp3) is 0.655.